The Hall–Kier alpha value is -9.78. The maximum absolute atomic E-state index is 15.7. The number of carbonyl (C=O) groups is 18. The summed E-state index contributed by atoms with van der Waals surface area (Å²) in [4.78, 5) is 256. The van der Waals surface area contributed by atoms with E-state index in [1.54, 1.807) is 34.6 Å². The summed E-state index contributed by atoms with van der Waals surface area (Å²) in [6.45, 7) is 18.6. The Morgan fingerprint density at radius 1 is 0.603 bits per heavy atom. The van der Waals surface area contributed by atoms with Crippen molar-refractivity contribution in [2.24, 2.45) is 76.0 Å². The second kappa shape index (κ2) is 48.7. The number of aliphatic hydroxyl groups is 4. The van der Waals surface area contributed by atoms with Gasteiger partial charge < -0.3 is 126 Å². The van der Waals surface area contributed by atoms with Gasteiger partial charge >= 0.3 is 17.9 Å². The number of fused-ring (bicyclic) bond motifs is 1. The van der Waals surface area contributed by atoms with E-state index < -0.39 is 296 Å². The highest BCUT2D eigenvalue weighted by atomic mass is 16.5. The number of nitrogens with two attached hydrogens (primary N) is 5. The maximum atomic E-state index is 15.7. The van der Waals surface area contributed by atoms with Crippen LogP contribution in [0.1, 0.15) is 180 Å². The summed E-state index contributed by atoms with van der Waals surface area (Å²) in [7, 11) is 1.08. The Morgan fingerprint density at radius 3 is 1.72 bits per heavy atom. The van der Waals surface area contributed by atoms with E-state index in [1.807, 2.05) is 13.8 Å². The number of amides is 15. The number of rotatable bonds is 40. The van der Waals surface area contributed by atoms with Crippen LogP contribution in [-0.4, -0.2) is 277 Å². The molecule has 2 aliphatic heterocycles. The number of likely N-dealkylation sites (N-methyl/N-ethyl adjacent to an activating group) is 1. The molecule has 0 spiro atoms. The Labute approximate surface area is 673 Å². The molecule has 0 aromatic rings. The normalized spacial score (nSPS) is 24.1. The van der Waals surface area contributed by atoms with Crippen molar-refractivity contribution in [3.8, 4) is 0 Å². The van der Waals surface area contributed by atoms with Crippen LogP contribution in [0.15, 0.2) is 0 Å². The molecule has 0 saturated carbocycles. The van der Waals surface area contributed by atoms with E-state index in [9.17, 15) is 97.8 Å². The number of nitrogens with zero attached hydrogens (tertiary/aromatic N) is 2. The number of ether oxygens (including phenoxy) is 2. The minimum atomic E-state index is -2.81. The van der Waals surface area contributed by atoms with Crippen LogP contribution in [0.5, 0.6) is 0 Å². The third-order valence-corrected chi connectivity index (χ3v) is 20.8. The summed E-state index contributed by atoms with van der Waals surface area (Å²) in [5.41, 5.74) is 28.3. The van der Waals surface area contributed by atoms with Crippen LogP contribution in [0.25, 0.3) is 0 Å². The Balaban J connectivity index is 3.24. The fourth-order valence-corrected chi connectivity index (χ4v) is 13.5. The van der Waals surface area contributed by atoms with Gasteiger partial charge in [-0.1, -0.05) is 76.2 Å². The van der Waals surface area contributed by atoms with E-state index >= 15 is 19.2 Å². The number of aliphatic hydroxyl groups excluding tert-OH is 4. The number of carboxylic acid groups (broad SMARTS) is 2. The molecule has 42 nitrogen and oxygen atoms in total. The van der Waals surface area contributed by atoms with Gasteiger partial charge in [0.05, 0.1) is 37.0 Å². The van der Waals surface area contributed by atoms with Crippen LogP contribution in [-0.2, 0) is 95.8 Å². The van der Waals surface area contributed by atoms with Crippen LogP contribution in [0.3, 0.4) is 0 Å². The first-order chi connectivity index (χ1) is 53.9. The summed E-state index contributed by atoms with van der Waals surface area (Å²) in [6.07, 6.45) is -17.6. The average molecular weight is 1660 g/mol. The maximum Gasteiger partial charge on any atom is 0.329 e. The van der Waals surface area contributed by atoms with Crippen LogP contribution in [0, 0.1) is 47.3 Å². The second-order valence-electron chi connectivity index (χ2n) is 31.3. The van der Waals surface area contributed by atoms with Crippen molar-refractivity contribution < 1.29 is 126 Å². The van der Waals surface area contributed by atoms with Crippen molar-refractivity contribution in [1.29, 1.82) is 0 Å². The van der Waals surface area contributed by atoms with Gasteiger partial charge in [0, 0.05) is 39.0 Å². The van der Waals surface area contributed by atoms with Crippen molar-refractivity contribution in [2.45, 2.75) is 283 Å². The average Bonchev–Trinajstić information content (AvgIpc) is 0.833. The number of aliphatic carboxylic acids is 2. The fourth-order valence-electron chi connectivity index (χ4n) is 13.5. The summed E-state index contributed by atoms with van der Waals surface area (Å²) >= 11 is 0. The molecule has 0 aliphatic carbocycles. The number of nitrogens with one attached hydrogen (secondary N) is 9. The lowest BCUT2D eigenvalue weighted by Crippen LogP contribution is -2.66. The zero-order chi connectivity index (χ0) is 88.8. The van der Waals surface area contributed by atoms with Crippen LogP contribution < -0.4 is 76.5 Å². The molecule has 0 radical (unpaired) electrons. The molecule has 0 bridgehead atoms. The van der Waals surface area contributed by atoms with Crippen LogP contribution in [0.2, 0.25) is 0 Å². The molecule has 0 aromatic heterocycles. The standard InChI is InChI=1S/C74H126N16O26/c1-15-115-60(62(79)102)55-69(109)84-45(31-51(96)97)73(113)90-27-19-17-21-47(90)74(114)116-59(36(9)34(6)7)54(70(110)86-53(40(13)91)68(108)81-42(20-16-18-26-75)64(104)83-44(29-33(4)5)72(112)89(14)46(66(106)87-55)23-25-49(77)93)88-67(107)52(37(10)38(11)61(78)101)85-71(111)58(100)57(99)41(22-24-48(76)92)80-65(105)43(30-50(94)95)82-63(103)39(12)56(98)35(8)28-32(2)3/h32-47,52-60,91,98-100H,15-31,75H2,1-14H3,(H2,76,92)(H2,77,93)(H2,78,101)(H2,79,102)(H,80,105)(H,81,108)(H,82,103)(H,83,104)(H,84,109)(H,85,111)(H,86,110)(H,87,106)(H,88,107)(H,94,95)(H,96,97). The number of hydrogen-bond acceptors (Lipinski definition) is 25. The SMILES string of the molecule is CCOC(C(N)=O)C1NC(=O)C(CCC(N)=O)N(C)C(=O)C(CC(C)C)NC(=O)C(CCCCN)NC(=O)C(C(C)O)NC(=O)C(NC(=O)C(NC(=O)C(O)C(O)C(CCC(N)=O)NC(=O)C(CC(=O)O)NC(=O)C(C)C(O)C(C)CC(C)C)C(C)C(C)C(N)=O)C(C(C)C(C)C)OC(=O)C2CCCCN2C(=O)C(CC(=O)O)NC1=O. The topological polar surface area (TPSA) is 692 Å². The van der Waals surface area contributed by atoms with E-state index in [0.717, 1.165) is 23.8 Å². The van der Waals surface area contributed by atoms with Crippen molar-refractivity contribution in [2.75, 3.05) is 26.7 Å². The highest BCUT2D eigenvalue weighted by Crippen LogP contribution is 2.28. The lowest BCUT2D eigenvalue weighted by atomic mass is 9.85. The molecule has 22 atom stereocenters. The number of hydrogen-bond donors (Lipinski definition) is 20. The highest BCUT2D eigenvalue weighted by molar-refractivity contribution is 6.02. The van der Waals surface area contributed by atoms with Gasteiger partial charge in [-0.3, -0.25) is 81.5 Å². The predicted octanol–water partition coefficient (Wildman–Crippen LogP) is -6.14. The minimum absolute atomic E-state index is 0.0560. The number of primary amides is 4. The van der Waals surface area contributed by atoms with Gasteiger partial charge in [-0.05, 0) is 120 Å². The molecule has 0 aromatic carbocycles. The molecule has 2 rings (SSSR count). The van der Waals surface area contributed by atoms with Gasteiger partial charge in [0.15, 0.2) is 12.2 Å². The fraction of sp³-hybridized carbons (Fsp3) is 0.757. The molecule has 2 saturated heterocycles. The third kappa shape index (κ3) is 31.7. The molecular formula is C74H126N16O26. The predicted molar refractivity (Wildman–Crippen MR) is 411 cm³/mol. The highest BCUT2D eigenvalue weighted by Gasteiger charge is 2.49. The van der Waals surface area contributed by atoms with E-state index in [-0.39, 0.29) is 64.0 Å². The molecule has 2 aliphatic rings. The summed E-state index contributed by atoms with van der Waals surface area (Å²) < 4.78 is 11.8. The van der Waals surface area contributed by atoms with E-state index in [1.165, 1.54) is 34.6 Å². The first-order valence-electron chi connectivity index (χ1n) is 39.1. The molecule has 2 heterocycles. The Morgan fingerprint density at radius 2 is 1.19 bits per heavy atom. The monoisotopic (exact) mass is 1650 g/mol. The molecule has 658 valence electrons. The largest absolute Gasteiger partial charge is 0.481 e. The third-order valence-electron chi connectivity index (χ3n) is 20.8. The quantitative estimate of drug-likeness (QED) is 0.0200. The van der Waals surface area contributed by atoms with Crippen LogP contribution >= 0.6 is 0 Å². The Bertz CT molecular complexity index is 3440. The number of piperidine rings is 1. The summed E-state index contributed by atoms with van der Waals surface area (Å²) in [6, 6.07) is -22.2. The van der Waals surface area contributed by atoms with Gasteiger partial charge in [0.1, 0.15) is 72.6 Å². The molecule has 116 heavy (non-hydrogen) atoms. The molecule has 15 amide bonds. The van der Waals surface area contributed by atoms with Gasteiger partial charge in [0.25, 0.3) is 5.91 Å². The zero-order valence-electron chi connectivity index (χ0n) is 68.6. The lowest BCUT2D eigenvalue weighted by Gasteiger charge is -2.40. The molecule has 25 N–H and O–H groups in total. The molecule has 22 unspecified atom stereocenters. The van der Waals surface area contributed by atoms with Crippen molar-refractivity contribution >= 4 is 107 Å². The minimum Gasteiger partial charge on any atom is -0.481 e. The summed E-state index contributed by atoms with van der Waals surface area (Å²) in [5, 5.41) is 87.4. The van der Waals surface area contributed by atoms with Crippen molar-refractivity contribution in [3.63, 3.8) is 0 Å². The number of cyclic esters (lactones) is 1. The first-order valence-corrected chi connectivity index (χ1v) is 39.1. The van der Waals surface area contributed by atoms with Crippen LogP contribution in [0.4, 0.5) is 0 Å². The van der Waals surface area contributed by atoms with Gasteiger partial charge in [0.2, 0.25) is 82.7 Å². The second-order valence-corrected chi connectivity index (χ2v) is 31.3. The summed E-state index contributed by atoms with van der Waals surface area (Å²) in [5.74, 6) is -31.0. The van der Waals surface area contributed by atoms with E-state index in [0.29, 0.717) is 6.42 Å². The zero-order valence-corrected chi connectivity index (χ0v) is 68.6. The van der Waals surface area contributed by atoms with Gasteiger partial charge in [-0.2, -0.15) is 0 Å². The van der Waals surface area contributed by atoms with Gasteiger partial charge in [-0.15, -0.1) is 0 Å². The molecular weight excluding hydrogens is 1530 g/mol. The number of esters is 1. The van der Waals surface area contributed by atoms with Crippen molar-refractivity contribution in [1.82, 2.24) is 57.7 Å². The Kier molecular flexibility index (Phi) is 42.9. The van der Waals surface area contributed by atoms with Crippen molar-refractivity contribution in [3.05, 3.63) is 0 Å². The lowest BCUT2D eigenvalue weighted by molar-refractivity contribution is -0.168. The van der Waals surface area contributed by atoms with E-state index in [2.05, 4.69) is 47.9 Å². The number of carboxylic acids is 2. The smallest absolute Gasteiger partial charge is 0.329 e. The number of unbranched alkanes of at least 4 members (excludes halogenated alkanes) is 1. The van der Waals surface area contributed by atoms with E-state index in [4.69, 9.17) is 38.1 Å². The number of carbonyl (C=O) groups excluding carboxylic acids is 16. The molecule has 42 heteroatoms. The molecule has 2 fully saturated rings. The first kappa shape index (κ1) is 102. The van der Waals surface area contributed by atoms with Gasteiger partial charge in [-0.25, -0.2) is 4.79 Å².